The molecule has 0 aliphatic carbocycles. The number of likely N-dealkylation sites (N-methyl/N-ethyl adjacent to an activating group) is 1. The van der Waals surface area contributed by atoms with Gasteiger partial charge in [-0.05, 0) is 49.4 Å². The molecule has 0 saturated heterocycles. The molecule has 26 heavy (non-hydrogen) atoms. The average molecular weight is 384 g/mol. The first-order valence-electron chi connectivity index (χ1n) is 8.26. The lowest BCUT2D eigenvalue weighted by Crippen LogP contribution is -2.25. The predicted molar refractivity (Wildman–Crippen MR) is 107 cm³/mol. The first kappa shape index (κ1) is 17.0. The van der Waals surface area contributed by atoms with E-state index in [1.165, 1.54) is 0 Å². The third-order valence-electron chi connectivity index (χ3n) is 4.39. The number of fused-ring (bicyclic) bond motifs is 1. The van der Waals surface area contributed by atoms with Crippen LogP contribution in [0.25, 0.3) is 23.0 Å². The number of hydrogen-bond acceptors (Lipinski definition) is 2. The highest BCUT2D eigenvalue weighted by atomic mass is 35.5. The Hall–Kier alpha value is -2.49. The molecule has 0 fully saturated rings. The Bertz CT molecular complexity index is 1040. The lowest BCUT2D eigenvalue weighted by molar-refractivity contribution is -0.112. The third kappa shape index (κ3) is 2.83. The van der Waals surface area contributed by atoms with E-state index in [1.807, 2.05) is 49.4 Å². The number of hydrogen-bond donors (Lipinski definition) is 0. The van der Waals surface area contributed by atoms with Crippen molar-refractivity contribution in [1.29, 1.82) is 0 Å². The lowest BCUT2D eigenvalue weighted by Gasteiger charge is -2.13. The Morgan fingerprint density at radius 3 is 2.62 bits per heavy atom. The molecule has 1 aliphatic heterocycles. The van der Waals surface area contributed by atoms with Crippen molar-refractivity contribution < 1.29 is 9.21 Å². The van der Waals surface area contributed by atoms with Gasteiger partial charge in [0.15, 0.2) is 0 Å². The molecule has 0 saturated carbocycles. The molecule has 2 aromatic carbocycles. The Morgan fingerprint density at radius 1 is 1.04 bits per heavy atom. The van der Waals surface area contributed by atoms with E-state index in [0.717, 1.165) is 16.8 Å². The van der Waals surface area contributed by atoms with Crippen molar-refractivity contribution in [3.63, 3.8) is 0 Å². The molecule has 0 bridgehead atoms. The van der Waals surface area contributed by atoms with E-state index in [1.54, 1.807) is 23.1 Å². The van der Waals surface area contributed by atoms with Gasteiger partial charge in [0.1, 0.15) is 11.5 Å². The minimum Gasteiger partial charge on any atom is -0.457 e. The summed E-state index contributed by atoms with van der Waals surface area (Å²) in [6, 6.07) is 16.8. The van der Waals surface area contributed by atoms with Crippen LogP contribution in [0, 0.1) is 0 Å². The smallest absolute Gasteiger partial charge is 0.259 e. The number of halogens is 2. The maximum absolute atomic E-state index is 12.7. The van der Waals surface area contributed by atoms with Gasteiger partial charge < -0.3 is 9.32 Å². The SMILES string of the molecule is CCN1C(=O)/C(=C\c2ccc(-c3ccc(Cl)c(Cl)c3)o2)c2ccccc21. The fourth-order valence-electron chi connectivity index (χ4n) is 3.14. The second-order valence-electron chi connectivity index (χ2n) is 5.96. The van der Waals surface area contributed by atoms with E-state index >= 15 is 0 Å². The zero-order valence-corrected chi connectivity index (χ0v) is 15.5. The number of anilines is 1. The second-order valence-corrected chi connectivity index (χ2v) is 6.77. The fraction of sp³-hybridized carbons (Fsp3) is 0.0952. The molecule has 3 aromatic rings. The maximum atomic E-state index is 12.7. The molecular formula is C21H15Cl2NO2. The molecular weight excluding hydrogens is 369 g/mol. The molecule has 0 unspecified atom stereocenters. The van der Waals surface area contributed by atoms with Crippen molar-refractivity contribution in [3.8, 4) is 11.3 Å². The van der Waals surface area contributed by atoms with Crippen LogP contribution in [0.2, 0.25) is 10.0 Å². The van der Waals surface area contributed by atoms with Gasteiger partial charge in [-0.2, -0.15) is 0 Å². The number of para-hydroxylation sites is 1. The molecule has 5 heteroatoms. The molecule has 0 spiro atoms. The molecule has 1 aliphatic rings. The summed E-state index contributed by atoms with van der Waals surface area (Å²) in [5.74, 6) is 1.27. The summed E-state index contributed by atoms with van der Waals surface area (Å²) in [6.07, 6.45) is 1.79. The topological polar surface area (TPSA) is 33.5 Å². The predicted octanol–water partition coefficient (Wildman–Crippen LogP) is 6.16. The molecule has 2 heterocycles. The van der Waals surface area contributed by atoms with Crippen LogP contribution in [0.5, 0.6) is 0 Å². The summed E-state index contributed by atoms with van der Waals surface area (Å²) in [7, 11) is 0. The van der Waals surface area contributed by atoms with Crippen molar-refractivity contribution in [2.45, 2.75) is 6.92 Å². The minimum atomic E-state index is -0.0128. The molecule has 1 amide bonds. The standard InChI is InChI=1S/C21H15Cl2NO2/c1-2-24-19-6-4-3-5-15(19)16(21(24)25)12-14-8-10-20(26-14)13-7-9-17(22)18(23)11-13/h3-12H,2H2,1H3/b16-12-. The molecule has 0 radical (unpaired) electrons. The van der Waals surface area contributed by atoms with Crippen LogP contribution >= 0.6 is 23.2 Å². The van der Waals surface area contributed by atoms with Gasteiger partial charge in [-0.15, -0.1) is 0 Å². The number of rotatable bonds is 3. The highest BCUT2D eigenvalue weighted by Gasteiger charge is 2.31. The van der Waals surface area contributed by atoms with Gasteiger partial charge in [-0.1, -0.05) is 41.4 Å². The Labute approximate surface area is 161 Å². The highest BCUT2D eigenvalue weighted by Crippen LogP contribution is 2.38. The summed E-state index contributed by atoms with van der Waals surface area (Å²) in [4.78, 5) is 14.5. The number of carbonyl (C=O) groups is 1. The van der Waals surface area contributed by atoms with Gasteiger partial charge in [0, 0.05) is 17.7 Å². The van der Waals surface area contributed by atoms with E-state index in [9.17, 15) is 4.79 Å². The molecule has 1 aromatic heterocycles. The van der Waals surface area contributed by atoms with E-state index in [-0.39, 0.29) is 5.91 Å². The Balaban J connectivity index is 1.72. The molecule has 0 N–H and O–H groups in total. The highest BCUT2D eigenvalue weighted by molar-refractivity contribution is 6.42. The fourth-order valence-corrected chi connectivity index (χ4v) is 3.44. The number of nitrogens with zero attached hydrogens (tertiary/aromatic N) is 1. The van der Waals surface area contributed by atoms with Crippen LogP contribution < -0.4 is 4.90 Å². The average Bonchev–Trinajstić information content (AvgIpc) is 3.21. The number of furan rings is 1. The van der Waals surface area contributed by atoms with Crippen LogP contribution in [0.1, 0.15) is 18.2 Å². The molecule has 0 atom stereocenters. The first-order chi connectivity index (χ1) is 12.6. The van der Waals surface area contributed by atoms with Gasteiger partial charge in [-0.25, -0.2) is 0 Å². The summed E-state index contributed by atoms with van der Waals surface area (Å²) in [5, 5.41) is 0.969. The van der Waals surface area contributed by atoms with Crippen molar-refractivity contribution in [2.75, 3.05) is 11.4 Å². The monoisotopic (exact) mass is 383 g/mol. The van der Waals surface area contributed by atoms with Crippen LogP contribution in [0.15, 0.2) is 59.0 Å². The lowest BCUT2D eigenvalue weighted by atomic mass is 10.1. The van der Waals surface area contributed by atoms with Crippen LogP contribution in [-0.2, 0) is 4.79 Å². The number of benzene rings is 2. The van der Waals surface area contributed by atoms with Gasteiger partial charge in [-0.3, -0.25) is 4.79 Å². The van der Waals surface area contributed by atoms with Crippen LogP contribution in [0.4, 0.5) is 5.69 Å². The van der Waals surface area contributed by atoms with Crippen molar-refractivity contribution >= 4 is 46.4 Å². The van der Waals surface area contributed by atoms with Crippen molar-refractivity contribution in [1.82, 2.24) is 0 Å². The zero-order valence-electron chi connectivity index (χ0n) is 14.0. The first-order valence-corrected chi connectivity index (χ1v) is 9.02. The Morgan fingerprint density at radius 2 is 1.85 bits per heavy atom. The minimum absolute atomic E-state index is 0.0128. The third-order valence-corrected chi connectivity index (χ3v) is 5.13. The summed E-state index contributed by atoms with van der Waals surface area (Å²) < 4.78 is 5.91. The largest absolute Gasteiger partial charge is 0.457 e. The maximum Gasteiger partial charge on any atom is 0.259 e. The van der Waals surface area contributed by atoms with Gasteiger partial charge >= 0.3 is 0 Å². The van der Waals surface area contributed by atoms with Gasteiger partial charge in [0.25, 0.3) is 5.91 Å². The molecule has 4 rings (SSSR count). The van der Waals surface area contributed by atoms with Crippen LogP contribution in [0.3, 0.4) is 0 Å². The van der Waals surface area contributed by atoms with Gasteiger partial charge in [0.05, 0.1) is 21.3 Å². The Kier molecular flexibility index (Phi) is 4.35. The van der Waals surface area contributed by atoms with Crippen LogP contribution in [-0.4, -0.2) is 12.5 Å². The summed E-state index contributed by atoms with van der Waals surface area (Å²) in [5.41, 5.74) is 3.32. The number of amides is 1. The summed E-state index contributed by atoms with van der Waals surface area (Å²) in [6.45, 7) is 2.59. The van der Waals surface area contributed by atoms with E-state index < -0.39 is 0 Å². The quantitative estimate of drug-likeness (QED) is 0.507. The zero-order chi connectivity index (χ0) is 18.3. The second kappa shape index (κ2) is 6.67. The van der Waals surface area contributed by atoms with E-state index in [2.05, 4.69) is 0 Å². The van der Waals surface area contributed by atoms with Crippen molar-refractivity contribution in [3.05, 3.63) is 76.0 Å². The molecule has 3 nitrogen and oxygen atoms in total. The summed E-state index contributed by atoms with van der Waals surface area (Å²) >= 11 is 12.0. The van der Waals surface area contributed by atoms with E-state index in [0.29, 0.717) is 33.7 Å². The van der Waals surface area contributed by atoms with Crippen molar-refractivity contribution in [2.24, 2.45) is 0 Å². The van der Waals surface area contributed by atoms with E-state index in [4.69, 9.17) is 27.6 Å². The number of carbonyl (C=O) groups excluding carboxylic acids is 1. The normalized spacial score (nSPS) is 15.0. The molecule has 130 valence electrons. The van der Waals surface area contributed by atoms with Gasteiger partial charge in [0.2, 0.25) is 0 Å².